The standard InChI is InChI=1S/C21H26NO3S.Y/c1-18-7-9-21(10-8-18)25-26(23)24-16-13-19-11-14-22(15-12-19)17-20-5-3-2-4-6-20;/h2-10H,11-17H2,1H3;/q-1;. The summed E-state index contributed by atoms with van der Waals surface area (Å²) in [5.41, 5.74) is 2.50. The van der Waals surface area contributed by atoms with Crippen molar-refractivity contribution in [2.24, 2.45) is 0 Å². The maximum absolute atomic E-state index is 11.8. The van der Waals surface area contributed by atoms with Gasteiger partial charge in [-0.3, -0.25) is 4.18 Å². The SMILES string of the molecule is Cc1ccc(OS(=O)OCC[C-]2CCN(Cc3ccccc3)CC2)cc1.[Y]. The first-order valence-corrected chi connectivity index (χ1v) is 10.1. The van der Waals surface area contributed by atoms with Gasteiger partial charge in [0, 0.05) is 45.9 Å². The van der Waals surface area contributed by atoms with Gasteiger partial charge in [0.2, 0.25) is 0 Å². The van der Waals surface area contributed by atoms with E-state index in [1.807, 2.05) is 19.1 Å². The fraction of sp³-hybridized carbons (Fsp3) is 0.381. The van der Waals surface area contributed by atoms with Crippen LogP contribution in [0.25, 0.3) is 0 Å². The van der Waals surface area contributed by atoms with Crippen LogP contribution >= 0.6 is 0 Å². The average molecular weight is 461 g/mol. The van der Waals surface area contributed by atoms with Gasteiger partial charge in [0.05, 0.1) is 0 Å². The van der Waals surface area contributed by atoms with Gasteiger partial charge in [0.15, 0.2) is 0 Å². The molecule has 0 aliphatic carbocycles. The molecule has 4 nitrogen and oxygen atoms in total. The normalized spacial score (nSPS) is 16.5. The third-order valence-electron chi connectivity index (χ3n) is 4.63. The van der Waals surface area contributed by atoms with Crippen LogP contribution in [0.2, 0.25) is 0 Å². The number of likely N-dealkylation sites (tertiary alicyclic amines) is 1. The Morgan fingerprint density at radius 3 is 2.37 bits per heavy atom. The third kappa shape index (κ3) is 8.12. The Hall–Kier alpha value is -0.586. The van der Waals surface area contributed by atoms with Gasteiger partial charge in [-0.25, -0.2) is 0 Å². The summed E-state index contributed by atoms with van der Waals surface area (Å²) < 4.78 is 22.4. The molecule has 1 unspecified atom stereocenters. The Morgan fingerprint density at radius 1 is 1.04 bits per heavy atom. The molecular weight excluding hydrogens is 435 g/mol. The van der Waals surface area contributed by atoms with Crippen LogP contribution in [-0.2, 0) is 54.8 Å². The molecule has 1 aliphatic rings. The molecule has 0 aromatic heterocycles. The molecule has 0 amide bonds. The van der Waals surface area contributed by atoms with Gasteiger partial charge in [-0.2, -0.15) is 23.5 Å². The summed E-state index contributed by atoms with van der Waals surface area (Å²) in [6.45, 7) is 5.60. The largest absolute Gasteiger partial charge is 0.380 e. The Kier molecular flexibility index (Phi) is 10.2. The van der Waals surface area contributed by atoms with Crippen LogP contribution in [0.3, 0.4) is 0 Å². The molecular formula is C21H26NO3SY-. The zero-order valence-corrected chi connectivity index (χ0v) is 19.5. The minimum Gasteiger partial charge on any atom is -0.380 e. The second kappa shape index (κ2) is 12.1. The van der Waals surface area contributed by atoms with E-state index in [9.17, 15) is 4.21 Å². The maximum Gasteiger partial charge on any atom is 0.360 e. The van der Waals surface area contributed by atoms with Gasteiger partial charge >= 0.3 is 11.4 Å². The fourth-order valence-electron chi connectivity index (χ4n) is 3.07. The first-order valence-electron chi connectivity index (χ1n) is 9.09. The second-order valence-corrected chi connectivity index (χ2v) is 7.49. The summed E-state index contributed by atoms with van der Waals surface area (Å²) in [6, 6.07) is 18.0. The van der Waals surface area contributed by atoms with Gasteiger partial charge in [-0.05, 0) is 37.7 Å². The van der Waals surface area contributed by atoms with Crippen molar-refractivity contribution in [3.8, 4) is 5.75 Å². The van der Waals surface area contributed by atoms with Gasteiger partial charge in [-0.1, -0.05) is 48.0 Å². The quantitative estimate of drug-likeness (QED) is 0.552. The van der Waals surface area contributed by atoms with Crippen molar-refractivity contribution in [1.82, 2.24) is 4.90 Å². The van der Waals surface area contributed by atoms with E-state index in [1.165, 1.54) is 11.5 Å². The van der Waals surface area contributed by atoms with Crippen LogP contribution in [0.5, 0.6) is 5.75 Å². The zero-order valence-electron chi connectivity index (χ0n) is 15.8. The van der Waals surface area contributed by atoms with Crippen LogP contribution < -0.4 is 4.18 Å². The van der Waals surface area contributed by atoms with Gasteiger partial charge in [-0.15, -0.1) is 0 Å². The van der Waals surface area contributed by atoms with Crippen molar-refractivity contribution < 1.29 is 45.3 Å². The van der Waals surface area contributed by atoms with Crippen LogP contribution in [-0.4, -0.2) is 28.8 Å². The molecule has 0 N–H and O–H groups in total. The summed E-state index contributed by atoms with van der Waals surface area (Å²) in [4.78, 5) is 2.48. The molecule has 0 saturated carbocycles. The van der Waals surface area contributed by atoms with Crippen molar-refractivity contribution in [2.75, 3.05) is 19.7 Å². The number of aryl methyl sites for hydroxylation is 1. The Labute approximate surface area is 190 Å². The molecule has 2 aromatic carbocycles. The summed E-state index contributed by atoms with van der Waals surface area (Å²) in [6.07, 6.45) is 3.02. The van der Waals surface area contributed by atoms with Crippen molar-refractivity contribution in [2.45, 2.75) is 32.7 Å². The number of hydrogen-bond donors (Lipinski definition) is 0. The summed E-state index contributed by atoms with van der Waals surface area (Å²) in [5.74, 6) is 2.05. The van der Waals surface area contributed by atoms with Crippen LogP contribution in [0.1, 0.15) is 30.4 Å². The summed E-state index contributed by atoms with van der Waals surface area (Å²) >= 11 is -1.74. The Bertz CT molecular complexity index is 688. The minimum atomic E-state index is -1.74. The predicted octanol–water partition coefficient (Wildman–Crippen LogP) is 4.23. The number of hydrogen-bond acceptors (Lipinski definition) is 4. The zero-order chi connectivity index (χ0) is 18.2. The first-order chi connectivity index (χ1) is 12.7. The molecule has 0 spiro atoms. The molecule has 27 heavy (non-hydrogen) atoms. The topological polar surface area (TPSA) is 38.8 Å². The molecule has 0 bridgehead atoms. The smallest absolute Gasteiger partial charge is 0.360 e. The van der Waals surface area contributed by atoms with Crippen molar-refractivity contribution in [3.63, 3.8) is 0 Å². The van der Waals surface area contributed by atoms with E-state index in [0.717, 1.165) is 44.5 Å². The van der Waals surface area contributed by atoms with E-state index in [4.69, 9.17) is 8.37 Å². The number of nitrogens with zero attached hydrogens (tertiary/aromatic N) is 1. The summed E-state index contributed by atoms with van der Waals surface area (Å²) in [5, 5.41) is 0. The molecule has 143 valence electrons. The molecule has 1 atom stereocenters. The molecule has 1 aliphatic heterocycles. The molecule has 1 fully saturated rings. The maximum atomic E-state index is 11.8. The van der Waals surface area contributed by atoms with Gasteiger partial charge in [0.1, 0.15) is 5.75 Å². The predicted molar refractivity (Wildman–Crippen MR) is 105 cm³/mol. The first kappa shape index (κ1) is 22.7. The monoisotopic (exact) mass is 461 g/mol. The summed E-state index contributed by atoms with van der Waals surface area (Å²) in [7, 11) is 0. The Balaban J connectivity index is 0.00000261. The van der Waals surface area contributed by atoms with E-state index >= 15 is 0 Å². The van der Waals surface area contributed by atoms with E-state index in [2.05, 4.69) is 35.2 Å². The van der Waals surface area contributed by atoms with Crippen molar-refractivity contribution in [1.29, 1.82) is 0 Å². The van der Waals surface area contributed by atoms with Gasteiger partial charge < -0.3 is 15.0 Å². The molecule has 6 heteroatoms. The fourth-order valence-corrected chi connectivity index (χ4v) is 3.61. The van der Waals surface area contributed by atoms with Crippen LogP contribution in [0.15, 0.2) is 54.6 Å². The molecule has 1 heterocycles. The molecule has 3 rings (SSSR count). The minimum absolute atomic E-state index is 0. The Morgan fingerprint density at radius 2 is 1.70 bits per heavy atom. The number of piperidine rings is 1. The second-order valence-electron chi connectivity index (χ2n) is 6.68. The third-order valence-corrected chi connectivity index (χ3v) is 5.32. The van der Waals surface area contributed by atoms with E-state index < -0.39 is 11.4 Å². The van der Waals surface area contributed by atoms with Crippen LogP contribution in [0, 0.1) is 12.8 Å². The van der Waals surface area contributed by atoms with Gasteiger partial charge in [0.25, 0.3) is 0 Å². The van der Waals surface area contributed by atoms with Crippen molar-refractivity contribution >= 4 is 11.4 Å². The van der Waals surface area contributed by atoms with Crippen LogP contribution in [0.4, 0.5) is 0 Å². The van der Waals surface area contributed by atoms with Crippen molar-refractivity contribution in [3.05, 3.63) is 71.6 Å². The molecule has 2 aromatic rings. The number of benzene rings is 2. The molecule has 1 saturated heterocycles. The van der Waals surface area contributed by atoms with E-state index in [1.54, 1.807) is 12.1 Å². The van der Waals surface area contributed by atoms with E-state index in [0.29, 0.717) is 12.4 Å². The van der Waals surface area contributed by atoms with E-state index in [-0.39, 0.29) is 32.7 Å². The number of rotatable bonds is 8. The molecule has 1 radical (unpaired) electrons. The average Bonchev–Trinajstić information content (AvgIpc) is 2.66.